The molecule has 0 aromatic heterocycles. The van der Waals surface area contributed by atoms with Gasteiger partial charge in [0.2, 0.25) is 0 Å². The number of ether oxygens (including phenoxy) is 2. The molecule has 0 aliphatic heterocycles. The molecule has 1 rings (SSSR count). The van der Waals surface area contributed by atoms with E-state index in [-0.39, 0.29) is 32.0 Å². The van der Waals surface area contributed by atoms with Crippen molar-refractivity contribution in [2.24, 2.45) is 0 Å². The van der Waals surface area contributed by atoms with Gasteiger partial charge in [-0.2, -0.15) is 0 Å². The van der Waals surface area contributed by atoms with Crippen molar-refractivity contribution in [3.8, 4) is 0 Å². The minimum Gasteiger partial charge on any atom is -0.466 e. The van der Waals surface area contributed by atoms with Crippen LogP contribution in [-0.2, 0) is 19.1 Å². The molecule has 1 aromatic rings. The normalized spacial score (nSPS) is 10.2. The number of carbonyl (C=O) groups excluding carboxylic acids is 3. The van der Waals surface area contributed by atoms with Crippen LogP contribution in [0.25, 0.3) is 0 Å². The molecule has 0 heterocycles. The van der Waals surface area contributed by atoms with Crippen molar-refractivity contribution >= 4 is 23.5 Å². The molecular weight excluding hydrogens is 312 g/mol. The van der Waals surface area contributed by atoms with Gasteiger partial charge in [-0.3, -0.25) is 14.4 Å². The van der Waals surface area contributed by atoms with Crippen LogP contribution in [0, 0.1) is 0 Å². The lowest BCUT2D eigenvalue weighted by molar-refractivity contribution is -0.145. The van der Waals surface area contributed by atoms with Crippen LogP contribution in [0.4, 0.5) is 5.69 Å². The fraction of sp³-hybridized carbons (Fsp3) is 0.471. The number of hydrogen-bond donors (Lipinski definition) is 2. The molecule has 7 heteroatoms. The van der Waals surface area contributed by atoms with Gasteiger partial charge in [0, 0.05) is 18.3 Å². The van der Waals surface area contributed by atoms with Gasteiger partial charge in [0.15, 0.2) is 0 Å². The van der Waals surface area contributed by atoms with Crippen molar-refractivity contribution in [2.75, 3.05) is 25.6 Å². The van der Waals surface area contributed by atoms with Crippen LogP contribution < -0.4 is 10.6 Å². The maximum Gasteiger partial charge on any atom is 0.307 e. The van der Waals surface area contributed by atoms with E-state index in [1.54, 1.807) is 45.2 Å². The van der Waals surface area contributed by atoms with E-state index in [1.165, 1.54) is 0 Å². The van der Waals surface area contributed by atoms with E-state index in [1.807, 2.05) is 0 Å². The number of rotatable bonds is 9. The Morgan fingerprint density at radius 1 is 0.958 bits per heavy atom. The summed E-state index contributed by atoms with van der Waals surface area (Å²) in [6, 6.07) is 6.17. The minimum absolute atomic E-state index is 0.0903. The van der Waals surface area contributed by atoms with Crippen LogP contribution in [0.3, 0.4) is 0 Å². The second kappa shape index (κ2) is 10.3. The molecule has 2 N–H and O–H groups in total. The Bertz CT molecular complexity index is 537. The van der Waals surface area contributed by atoms with Crippen LogP contribution in [-0.4, -0.2) is 44.1 Å². The van der Waals surface area contributed by atoms with Crippen LogP contribution in [0.15, 0.2) is 24.3 Å². The molecule has 7 nitrogen and oxygen atoms in total. The topological polar surface area (TPSA) is 93.7 Å². The van der Waals surface area contributed by atoms with Gasteiger partial charge in [0.25, 0.3) is 5.91 Å². The highest BCUT2D eigenvalue weighted by Gasteiger charge is 2.21. The summed E-state index contributed by atoms with van der Waals surface area (Å²) in [7, 11) is 1.78. The Labute approximate surface area is 141 Å². The molecule has 0 atom stereocenters. The Morgan fingerprint density at radius 2 is 1.46 bits per heavy atom. The van der Waals surface area contributed by atoms with E-state index in [4.69, 9.17) is 9.47 Å². The smallest absolute Gasteiger partial charge is 0.307 e. The second-order valence-electron chi connectivity index (χ2n) is 5.02. The molecular formula is C17H24N2O5. The maximum atomic E-state index is 12.3. The SMILES string of the molecule is CCOC(=O)CC(CC(=O)OCC)NC(=O)c1ccc(NC)cc1. The number of hydrogen-bond acceptors (Lipinski definition) is 6. The maximum absolute atomic E-state index is 12.3. The van der Waals surface area contributed by atoms with Crippen molar-refractivity contribution in [1.29, 1.82) is 0 Å². The molecule has 0 aliphatic rings. The first kappa shape index (κ1) is 19.5. The van der Waals surface area contributed by atoms with Crippen LogP contribution in [0.1, 0.15) is 37.0 Å². The molecule has 132 valence electrons. The van der Waals surface area contributed by atoms with Gasteiger partial charge in [-0.25, -0.2) is 0 Å². The molecule has 1 amide bonds. The first-order valence-electron chi connectivity index (χ1n) is 7.90. The quantitative estimate of drug-likeness (QED) is 0.667. The fourth-order valence-corrected chi connectivity index (χ4v) is 2.07. The third-order valence-electron chi connectivity index (χ3n) is 3.21. The molecule has 0 fully saturated rings. The summed E-state index contributed by atoms with van der Waals surface area (Å²) in [4.78, 5) is 35.6. The monoisotopic (exact) mass is 336 g/mol. The van der Waals surface area contributed by atoms with Crippen molar-refractivity contribution < 1.29 is 23.9 Å². The van der Waals surface area contributed by atoms with Gasteiger partial charge in [-0.1, -0.05) is 0 Å². The highest BCUT2D eigenvalue weighted by molar-refractivity contribution is 5.95. The van der Waals surface area contributed by atoms with Crippen LogP contribution in [0.5, 0.6) is 0 Å². The molecule has 0 saturated carbocycles. The standard InChI is InChI=1S/C17H24N2O5/c1-4-23-15(20)10-14(11-16(21)24-5-2)19-17(22)12-6-8-13(18-3)9-7-12/h6-9,14,18H,4-5,10-11H2,1-3H3,(H,19,22). The highest BCUT2D eigenvalue weighted by Crippen LogP contribution is 2.10. The van der Waals surface area contributed by atoms with E-state index in [2.05, 4.69) is 10.6 Å². The van der Waals surface area contributed by atoms with Crippen LogP contribution in [0.2, 0.25) is 0 Å². The third-order valence-corrected chi connectivity index (χ3v) is 3.21. The molecule has 0 aliphatic carbocycles. The predicted octanol–water partition coefficient (Wildman–Crippen LogP) is 1.73. The zero-order valence-electron chi connectivity index (χ0n) is 14.3. The van der Waals surface area contributed by atoms with E-state index in [0.717, 1.165) is 5.69 Å². The fourth-order valence-electron chi connectivity index (χ4n) is 2.07. The second-order valence-corrected chi connectivity index (χ2v) is 5.02. The third kappa shape index (κ3) is 6.68. The molecule has 1 aromatic carbocycles. The number of benzene rings is 1. The van der Waals surface area contributed by atoms with Gasteiger partial charge < -0.3 is 20.1 Å². The molecule has 24 heavy (non-hydrogen) atoms. The zero-order valence-corrected chi connectivity index (χ0v) is 14.3. The van der Waals surface area contributed by atoms with E-state index in [9.17, 15) is 14.4 Å². The summed E-state index contributed by atoms with van der Waals surface area (Å²) >= 11 is 0. The van der Waals surface area contributed by atoms with Crippen molar-refractivity contribution in [3.63, 3.8) is 0 Å². The molecule has 0 bridgehead atoms. The number of esters is 2. The lowest BCUT2D eigenvalue weighted by Crippen LogP contribution is -2.38. The summed E-state index contributed by atoms with van der Waals surface area (Å²) in [5.74, 6) is -1.31. The van der Waals surface area contributed by atoms with Crippen molar-refractivity contribution in [3.05, 3.63) is 29.8 Å². The first-order valence-corrected chi connectivity index (χ1v) is 7.90. The van der Waals surface area contributed by atoms with Gasteiger partial charge in [-0.05, 0) is 38.1 Å². The molecule has 0 saturated heterocycles. The predicted molar refractivity (Wildman–Crippen MR) is 89.7 cm³/mol. The Kier molecular flexibility index (Phi) is 8.32. The average Bonchev–Trinajstić information content (AvgIpc) is 2.55. The van der Waals surface area contributed by atoms with Gasteiger partial charge >= 0.3 is 11.9 Å². The zero-order chi connectivity index (χ0) is 17.9. The van der Waals surface area contributed by atoms with Crippen LogP contribution >= 0.6 is 0 Å². The number of nitrogens with one attached hydrogen (secondary N) is 2. The molecule has 0 radical (unpaired) electrons. The van der Waals surface area contributed by atoms with E-state index in [0.29, 0.717) is 5.56 Å². The van der Waals surface area contributed by atoms with E-state index < -0.39 is 18.0 Å². The summed E-state index contributed by atoms with van der Waals surface area (Å²) in [5, 5.41) is 5.65. The summed E-state index contributed by atoms with van der Waals surface area (Å²) < 4.78 is 9.76. The minimum atomic E-state index is -0.681. The molecule has 0 unspecified atom stereocenters. The first-order chi connectivity index (χ1) is 11.5. The van der Waals surface area contributed by atoms with Gasteiger partial charge in [-0.15, -0.1) is 0 Å². The number of amides is 1. The summed E-state index contributed by atoms with van der Waals surface area (Å²) in [6.45, 7) is 3.87. The number of anilines is 1. The molecule has 0 spiro atoms. The van der Waals surface area contributed by atoms with Crippen molar-refractivity contribution in [1.82, 2.24) is 5.32 Å². The summed E-state index contributed by atoms with van der Waals surface area (Å²) in [5.41, 5.74) is 1.31. The van der Waals surface area contributed by atoms with E-state index >= 15 is 0 Å². The van der Waals surface area contributed by atoms with Gasteiger partial charge in [0.1, 0.15) is 0 Å². The lowest BCUT2D eigenvalue weighted by Gasteiger charge is -2.17. The Morgan fingerprint density at radius 3 is 1.88 bits per heavy atom. The Hall–Kier alpha value is -2.57. The lowest BCUT2D eigenvalue weighted by atomic mass is 10.1. The average molecular weight is 336 g/mol. The number of carbonyl (C=O) groups is 3. The summed E-state index contributed by atoms with van der Waals surface area (Å²) in [6.07, 6.45) is -0.181. The van der Waals surface area contributed by atoms with Gasteiger partial charge in [0.05, 0.1) is 32.1 Å². The largest absolute Gasteiger partial charge is 0.466 e. The highest BCUT2D eigenvalue weighted by atomic mass is 16.5. The Balaban J connectivity index is 2.75. The van der Waals surface area contributed by atoms with Crippen molar-refractivity contribution in [2.45, 2.75) is 32.7 Å².